The van der Waals surface area contributed by atoms with E-state index in [0.29, 0.717) is 17.6 Å². The molecule has 0 amide bonds. The Morgan fingerprint density at radius 3 is 2.65 bits per heavy atom. The van der Waals surface area contributed by atoms with Gasteiger partial charge in [0.25, 0.3) is 0 Å². The second-order valence-corrected chi connectivity index (χ2v) is 3.99. The minimum absolute atomic E-state index is 0.0193. The van der Waals surface area contributed by atoms with Crippen molar-refractivity contribution in [1.29, 1.82) is 0 Å². The van der Waals surface area contributed by atoms with Crippen LogP contribution in [-0.2, 0) is 4.74 Å². The van der Waals surface area contributed by atoms with E-state index in [1.54, 1.807) is 19.2 Å². The van der Waals surface area contributed by atoms with Gasteiger partial charge in [-0.1, -0.05) is 11.6 Å². The minimum atomic E-state index is 0.0193. The highest BCUT2D eigenvalue weighted by atomic mass is 35.5. The number of nitrogens with one attached hydrogen (secondary N) is 2. The zero-order valence-electron chi connectivity index (χ0n) is 9.90. The standard InChI is InChI=1S/C11H17ClN4O/c1-8(7-17-2)14-11(16-13)15-10-5-3-9(12)4-6-10/h3-6,8H,7,13H2,1-2H3,(H2,14,15,16). The Balaban J connectivity index is 2.66. The number of hydrogen-bond acceptors (Lipinski definition) is 3. The van der Waals surface area contributed by atoms with Crippen molar-refractivity contribution < 1.29 is 4.74 Å². The number of anilines is 1. The number of hydrazine groups is 1. The highest BCUT2D eigenvalue weighted by molar-refractivity contribution is 6.30. The highest BCUT2D eigenvalue weighted by Crippen LogP contribution is 2.13. The van der Waals surface area contributed by atoms with Crippen molar-refractivity contribution >= 4 is 23.2 Å². The average molecular weight is 257 g/mol. The Bertz CT molecular complexity index is 366. The van der Waals surface area contributed by atoms with Crippen LogP contribution in [0.2, 0.25) is 5.02 Å². The van der Waals surface area contributed by atoms with Gasteiger partial charge in [-0.2, -0.15) is 0 Å². The molecule has 0 radical (unpaired) electrons. The molecular weight excluding hydrogens is 240 g/mol. The maximum Gasteiger partial charge on any atom is 0.210 e. The largest absolute Gasteiger partial charge is 0.382 e. The van der Waals surface area contributed by atoms with E-state index in [4.69, 9.17) is 22.2 Å². The molecular formula is C11H17ClN4O. The fourth-order valence-electron chi connectivity index (χ4n) is 1.27. The van der Waals surface area contributed by atoms with Crippen molar-refractivity contribution in [3.05, 3.63) is 29.3 Å². The summed E-state index contributed by atoms with van der Waals surface area (Å²) in [6.07, 6.45) is 0. The maximum atomic E-state index is 5.79. The molecule has 94 valence electrons. The van der Waals surface area contributed by atoms with Crippen LogP contribution < -0.4 is 16.6 Å². The topological polar surface area (TPSA) is 71.7 Å². The number of nitrogens with zero attached hydrogens (tertiary/aromatic N) is 1. The molecule has 0 aliphatic carbocycles. The molecule has 1 rings (SSSR count). The number of ether oxygens (including phenoxy) is 1. The van der Waals surface area contributed by atoms with Crippen LogP contribution in [0.5, 0.6) is 0 Å². The van der Waals surface area contributed by atoms with Crippen LogP contribution in [0, 0.1) is 0 Å². The van der Waals surface area contributed by atoms with Crippen LogP contribution in [0.25, 0.3) is 0 Å². The molecule has 6 heteroatoms. The number of benzene rings is 1. The first kappa shape index (κ1) is 13.8. The normalized spacial score (nSPS) is 13.3. The minimum Gasteiger partial charge on any atom is -0.382 e. The van der Waals surface area contributed by atoms with Crippen LogP contribution in [-0.4, -0.2) is 25.7 Å². The molecule has 0 saturated heterocycles. The molecule has 1 unspecified atom stereocenters. The van der Waals surface area contributed by atoms with Crippen molar-refractivity contribution in [2.75, 3.05) is 19.0 Å². The van der Waals surface area contributed by atoms with Gasteiger partial charge in [0, 0.05) is 17.8 Å². The summed E-state index contributed by atoms with van der Waals surface area (Å²) in [5, 5.41) is 3.73. The van der Waals surface area contributed by atoms with Gasteiger partial charge < -0.3 is 10.1 Å². The molecule has 17 heavy (non-hydrogen) atoms. The first-order valence-corrected chi connectivity index (χ1v) is 5.59. The zero-order chi connectivity index (χ0) is 12.7. The third kappa shape index (κ3) is 5.04. The van der Waals surface area contributed by atoms with Crippen LogP contribution in [0.1, 0.15) is 6.92 Å². The number of aliphatic imine (C=N–C) groups is 1. The van der Waals surface area contributed by atoms with E-state index in [-0.39, 0.29) is 6.04 Å². The molecule has 4 N–H and O–H groups in total. The molecule has 0 spiro atoms. The lowest BCUT2D eigenvalue weighted by molar-refractivity contribution is 0.185. The van der Waals surface area contributed by atoms with Gasteiger partial charge in [-0.05, 0) is 31.2 Å². The van der Waals surface area contributed by atoms with E-state index in [2.05, 4.69) is 15.7 Å². The third-order valence-corrected chi connectivity index (χ3v) is 2.25. The number of hydrogen-bond donors (Lipinski definition) is 3. The van der Waals surface area contributed by atoms with Crippen LogP contribution in [0.15, 0.2) is 29.3 Å². The molecule has 0 heterocycles. The summed E-state index contributed by atoms with van der Waals surface area (Å²) in [6, 6.07) is 7.28. The summed E-state index contributed by atoms with van der Waals surface area (Å²) in [4.78, 5) is 4.31. The van der Waals surface area contributed by atoms with Gasteiger partial charge in [-0.25, -0.2) is 10.8 Å². The van der Waals surface area contributed by atoms with Crippen LogP contribution >= 0.6 is 11.6 Å². The van der Waals surface area contributed by atoms with E-state index in [1.165, 1.54) is 0 Å². The number of guanidine groups is 1. The second kappa shape index (κ2) is 7.11. The molecule has 0 saturated carbocycles. The summed E-state index contributed by atoms with van der Waals surface area (Å²) in [6.45, 7) is 2.47. The van der Waals surface area contributed by atoms with E-state index < -0.39 is 0 Å². The van der Waals surface area contributed by atoms with E-state index in [9.17, 15) is 0 Å². The predicted octanol–water partition coefficient (Wildman–Crippen LogP) is 1.61. The Kier molecular flexibility index (Phi) is 5.76. The maximum absolute atomic E-state index is 5.79. The predicted molar refractivity (Wildman–Crippen MR) is 71.2 cm³/mol. The lowest BCUT2D eigenvalue weighted by atomic mass is 10.3. The summed E-state index contributed by atoms with van der Waals surface area (Å²) in [5.74, 6) is 5.87. The molecule has 1 aromatic carbocycles. The van der Waals surface area contributed by atoms with Gasteiger partial charge in [0.1, 0.15) is 0 Å². The van der Waals surface area contributed by atoms with E-state index >= 15 is 0 Å². The zero-order valence-corrected chi connectivity index (χ0v) is 10.7. The first-order valence-electron chi connectivity index (χ1n) is 5.21. The Morgan fingerprint density at radius 2 is 2.12 bits per heavy atom. The number of methoxy groups -OCH3 is 1. The van der Waals surface area contributed by atoms with Crippen molar-refractivity contribution in [3.63, 3.8) is 0 Å². The molecule has 0 aliphatic rings. The van der Waals surface area contributed by atoms with Gasteiger partial charge in [0.2, 0.25) is 5.96 Å². The van der Waals surface area contributed by atoms with Crippen LogP contribution in [0.3, 0.4) is 0 Å². The molecule has 0 fully saturated rings. The fraction of sp³-hybridized carbons (Fsp3) is 0.364. The Morgan fingerprint density at radius 1 is 1.47 bits per heavy atom. The van der Waals surface area contributed by atoms with E-state index in [1.807, 2.05) is 19.1 Å². The number of halogens is 1. The van der Waals surface area contributed by atoms with Gasteiger partial charge >= 0.3 is 0 Å². The summed E-state index contributed by atoms with van der Waals surface area (Å²) in [7, 11) is 1.63. The van der Waals surface area contributed by atoms with Crippen molar-refractivity contribution in [3.8, 4) is 0 Å². The smallest absolute Gasteiger partial charge is 0.210 e. The van der Waals surface area contributed by atoms with Gasteiger partial charge in [-0.15, -0.1) is 0 Å². The molecule has 1 aromatic rings. The molecule has 0 bridgehead atoms. The number of nitrogens with two attached hydrogens (primary N) is 1. The lowest BCUT2D eigenvalue weighted by Gasteiger charge is -2.12. The third-order valence-electron chi connectivity index (χ3n) is 2.00. The SMILES string of the molecule is COCC(C)N=C(NN)Nc1ccc(Cl)cc1. The van der Waals surface area contributed by atoms with Gasteiger partial charge in [0.15, 0.2) is 0 Å². The van der Waals surface area contributed by atoms with E-state index in [0.717, 1.165) is 5.69 Å². The highest BCUT2D eigenvalue weighted by Gasteiger charge is 2.02. The Labute approximate surface area is 106 Å². The average Bonchev–Trinajstić information content (AvgIpc) is 2.31. The van der Waals surface area contributed by atoms with Crippen LogP contribution in [0.4, 0.5) is 5.69 Å². The van der Waals surface area contributed by atoms with Crippen molar-refractivity contribution in [2.24, 2.45) is 10.8 Å². The Hall–Kier alpha value is -1.30. The molecule has 1 atom stereocenters. The van der Waals surface area contributed by atoms with Crippen molar-refractivity contribution in [2.45, 2.75) is 13.0 Å². The summed E-state index contributed by atoms with van der Waals surface area (Å²) in [5.41, 5.74) is 3.36. The summed E-state index contributed by atoms with van der Waals surface area (Å²) >= 11 is 5.79. The molecule has 0 aromatic heterocycles. The molecule has 5 nitrogen and oxygen atoms in total. The second-order valence-electron chi connectivity index (χ2n) is 3.56. The monoisotopic (exact) mass is 256 g/mol. The van der Waals surface area contributed by atoms with Crippen molar-refractivity contribution in [1.82, 2.24) is 5.43 Å². The number of rotatable bonds is 4. The fourth-order valence-corrected chi connectivity index (χ4v) is 1.40. The van der Waals surface area contributed by atoms with Gasteiger partial charge in [-0.3, -0.25) is 5.43 Å². The molecule has 0 aliphatic heterocycles. The first-order chi connectivity index (χ1) is 8.15. The quantitative estimate of drug-likeness (QED) is 0.331. The lowest BCUT2D eigenvalue weighted by Crippen LogP contribution is -2.37. The summed E-state index contributed by atoms with van der Waals surface area (Å²) < 4.78 is 4.99. The van der Waals surface area contributed by atoms with Gasteiger partial charge in [0.05, 0.1) is 12.6 Å².